The highest BCUT2D eigenvalue weighted by Gasteiger charge is 2.53. The van der Waals surface area contributed by atoms with E-state index in [1.165, 1.54) is 32.1 Å². The third kappa shape index (κ3) is 3.42. The van der Waals surface area contributed by atoms with Crippen LogP contribution in [0.15, 0.2) is 11.6 Å². The zero-order valence-corrected chi connectivity index (χ0v) is 18.9. The number of hydrogen-bond donors (Lipinski definition) is 0. The van der Waals surface area contributed by atoms with Gasteiger partial charge in [0.25, 0.3) is 0 Å². The standard InChI is InChI=1S/C22H42OSi/c1-17-11-10-12-19-21(17,6)14-13-18(2)22(19,7)15-16-23-24(8,9)20(3,4)5/h11,18-19H,10,12-16H2,1-9H3/t18-,19+,21+,22+/m1/s1. The molecule has 1 fully saturated rings. The highest BCUT2D eigenvalue weighted by molar-refractivity contribution is 6.74. The Morgan fingerprint density at radius 1 is 1.21 bits per heavy atom. The molecule has 4 atom stereocenters. The zero-order chi connectivity index (χ0) is 18.4. The topological polar surface area (TPSA) is 9.23 Å². The molecular formula is C22H42OSi. The lowest BCUT2D eigenvalue weighted by Crippen LogP contribution is -2.50. The summed E-state index contributed by atoms with van der Waals surface area (Å²) in [4.78, 5) is 0. The summed E-state index contributed by atoms with van der Waals surface area (Å²) >= 11 is 0. The van der Waals surface area contributed by atoms with Crippen LogP contribution in [0.2, 0.25) is 18.1 Å². The van der Waals surface area contributed by atoms with Gasteiger partial charge in [-0.05, 0) is 79.8 Å². The second kappa shape index (κ2) is 6.58. The van der Waals surface area contributed by atoms with Crippen molar-refractivity contribution < 1.29 is 4.43 Å². The normalized spacial score (nSPS) is 37.8. The van der Waals surface area contributed by atoms with Gasteiger partial charge in [-0.3, -0.25) is 0 Å². The lowest BCUT2D eigenvalue weighted by atomic mass is 9.47. The minimum Gasteiger partial charge on any atom is -0.417 e. The van der Waals surface area contributed by atoms with Gasteiger partial charge >= 0.3 is 0 Å². The van der Waals surface area contributed by atoms with Gasteiger partial charge in [0.2, 0.25) is 0 Å². The van der Waals surface area contributed by atoms with E-state index < -0.39 is 8.32 Å². The third-order valence-electron chi connectivity index (χ3n) is 8.50. The van der Waals surface area contributed by atoms with Crippen LogP contribution in [0.5, 0.6) is 0 Å². The highest BCUT2D eigenvalue weighted by atomic mass is 28.4. The average Bonchev–Trinajstić information content (AvgIpc) is 2.45. The summed E-state index contributed by atoms with van der Waals surface area (Å²) in [5, 5.41) is 0.310. The summed E-state index contributed by atoms with van der Waals surface area (Å²) in [6, 6.07) is 0. The van der Waals surface area contributed by atoms with Crippen molar-refractivity contribution in [3.8, 4) is 0 Å². The summed E-state index contributed by atoms with van der Waals surface area (Å²) in [7, 11) is -1.63. The number of fused-ring (bicyclic) bond motifs is 1. The Kier molecular flexibility index (Phi) is 5.54. The Balaban J connectivity index is 2.14. The molecule has 0 N–H and O–H groups in total. The smallest absolute Gasteiger partial charge is 0.191 e. The molecule has 0 unspecified atom stereocenters. The van der Waals surface area contributed by atoms with E-state index in [0.717, 1.165) is 18.4 Å². The fourth-order valence-electron chi connectivity index (χ4n) is 5.07. The lowest BCUT2D eigenvalue weighted by Gasteiger charge is -2.58. The predicted octanol–water partition coefficient (Wildman–Crippen LogP) is 7.20. The summed E-state index contributed by atoms with van der Waals surface area (Å²) in [6.07, 6.45) is 9.13. The molecule has 0 bridgehead atoms. The Bertz CT molecular complexity index is 487. The van der Waals surface area contributed by atoms with Crippen LogP contribution >= 0.6 is 0 Å². The molecule has 0 radical (unpaired) electrons. The van der Waals surface area contributed by atoms with Crippen LogP contribution in [0.4, 0.5) is 0 Å². The number of rotatable bonds is 4. The van der Waals surface area contributed by atoms with Crippen molar-refractivity contribution in [2.75, 3.05) is 6.61 Å². The summed E-state index contributed by atoms with van der Waals surface area (Å²) in [5.74, 6) is 1.63. The van der Waals surface area contributed by atoms with E-state index in [2.05, 4.69) is 67.6 Å². The van der Waals surface area contributed by atoms with Crippen LogP contribution in [-0.4, -0.2) is 14.9 Å². The van der Waals surface area contributed by atoms with E-state index in [4.69, 9.17) is 4.43 Å². The van der Waals surface area contributed by atoms with E-state index in [-0.39, 0.29) is 0 Å². The quantitative estimate of drug-likeness (QED) is 0.385. The molecule has 2 aliphatic carbocycles. The maximum absolute atomic E-state index is 6.57. The molecule has 2 rings (SSSR count). The van der Waals surface area contributed by atoms with Gasteiger partial charge in [-0.1, -0.05) is 53.2 Å². The largest absolute Gasteiger partial charge is 0.417 e. The van der Waals surface area contributed by atoms with Crippen molar-refractivity contribution in [1.29, 1.82) is 0 Å². The minimum atomic E-state index is -1.63. The van der Waals surface area contributed by atoms with Crippen LogP contribution in [0.1, 0.15) is 80.6 Å². The van der Waals surface area contributed by atoms with E-state index in [0.29, 0.717) is 15.9 Å². The fraction of sp³-hybridized carbons (Fsp3) is 0.909. The third-order valence-corrected chi connectivity index (χ3v) is 13.0. The Morgan fingerprint density at radius 3 is 2.42 bits per heavy atom. The average molecular weight is 351 g/mol. The molecule has 24 heavy (non-hydrogen) atoms. The number of hydrogen-bond acceptors (Lipinski definition) is 1. The second-order valence-corrected chi connectivity index (χ2v) is 15.5. The van der Waals surface area contributed by atoms with Crippen molar-refractivity contribution >= 4 is 8.32 Å². The monoisotopic (exact) mass is 350 g/mol. The maximum atomic E-state index is 6.57. The molecule has 0 aromatic carbocycles. The Labute approximate surface area is 152 Å². The van der Waals surface area contributed by atoms with Crippen LogP contribution in [0, 0.1) is 22.7 Å². The van der Waals surface area contributed by atoms with Gasteiger partial charge in [0.15, 0.2) is 8.32 Å². The molecule has 2 aliphatic rings. The maximum Gasteiger partial charge on any atom is 0.191 e. The minimum absolute atomic E-state index is 0.310. The predicted molar refractivity (Wildman–Crippen MR) is 109 cm³/mol. The molecule has 140 valence electrons. The molecular weight excluding hydrogens is 308 g/mol. The van der Waals surface area contributed by atoms with E-state index in [9.17, 15) is 0 Å². The molecule has 0 aromatic rings. The molecule has 0 aliphatic heterocycles. The van der Waals surface area contributed by atoms with Crippen molar-refractivity contribution in [2.24, 2.45) is 22.7 Å². The second-order valence-electron chi connectivity index (χ2n) is 10.7. The molecule has 0 amide bonds. The van der Waals surface area contributed by atoms with Gasteiger partial charge in [0.1, 0.15) is 0 Å². The lowest BCUT2D eigenvalue weighted by molar-refractivity contribution is -0.0539. The molecule has 0 spiro atoms. The van der Waals surface area contributed by atoms with Gasteiger partial charge in [-0.25, -0.2) is 0 Å². The molecule has 0 saturated heterocycles. The molecule has 2 heteroatoms. The van der Waals surface area contributed by atoms with E-state index in [1.54, 1.807) is 5.57 Å². The first-order valence-corrected chi connectivity index (χ1v) is 13.1. The number of allylic oxidation sites excluding steroid dienone is 2. The van der Waals surface area contributed by atoms with E-state index in [1.807, 2.05) is 0 Å². The van der Waals surface area contributed by atoms with Gasteiger partial charge in [-0.2, -0.15) is 0 Å². The molecule has 0 heterocycles. The highest BCUT2D eigenvalue weighted by Crippen LogP contribution is 2.61. The van der Waals surface area contributed by atoms with Crippen LogP contribution in [0.3, 0.4) is 0 Å². The van der Waals surface area contributed by atoms with Crippen molar-refractivity contribution in [1.82, 2.24) is 0 Å². The van der Waals surface area contributed by atoms with Gasteiger partial charge in [0.05, 0.1) is 0 Å². The van der Waals surface area contributed by atoms with Crippen LogP contribution < -0.4 is 0 Å². The van der Waals surface area contributed by atoms with Gasteiger partial charge in [0, 0.05) is 6.61 Å². The van der Waals surface area contributed by atoms with Crippen LogP contribution in [-0.2, 0) is 4.43 Å². The first-order valence-electron chi connectivity index (χ1n) is 10.2. The first-order chi connectivity index (χ1) is 10.8. The summed E-state index contributed by atoms with van der Waals surface area (Å²) < 4.78 is 6.57. The van der Waals surface area contributed by atoms with Crippen molar-refractivity contribution in [2.45, 2.75) is 98.7 Å². The van der Waals surface area contributed by atoms with E-state index >= 15 is 0 Å². The summed E-state index contributed by atoms with van der Waals surface area (Å²) in [6.45, 7) is 22.8. The molecule has 1 saturated carbocycles. The van der Waals surface area contributed by atoms with Crippen LogP contribution in [0.25, 0.3) is 0 Å². The SMILES string of the molecule is CC1=CCC[C@@H]2[C@@](C)(CCO[Si](C)(C)C(C)(C)C)[C@H](C)CC[C@@]12C. The zero-order valence-electron chi connectivity index (χ0n) is 17.9. The molecule has 1 nitrogen and oxygen atoms in total. The first kappa shape index (κ1) is 20.2. The fourth-order valence-corrected chi connectivity index (χ4v) is 6.12. The molecule has 0 aromatic heterocycles. The van der Waals surface area contributed by atoms with Crippen molar-refractivity contribution in [3.05, 3.63) is 11.6 Å². The van der Waals surface area contributed by atoms with Gasteiger partial charge in [-0.15, -0.1) is 0 Å². The van der Waals surface area contributed by atoms with Crippen molar-refractivity contribution in [3.63, 3.8) is 0 Å². The Hall–Kier alpha value is -0.0831. The summed E-state index contributed by atoms with van der Waals surface area (Å²) in [5.41, 5.74) is 2.50. The van der Waals surface area contributed by atoms with Gasteiger partial charge < -0.3 is 4.43 Å². The Morgan fingerprint density at radius 2 is 1.83 bits per heavy atom.